The molecule has 0 spiro atoms. The predicted octanol–water partition coefficient (Wildman–Crippen LogP) is 5.35. The monoisotopic (exact) mass is 527 g/mol. The van der Waals surface area contributed by atoms with Crippen molar-refractivity contribution in [2.75, 3.05) is 0 Å². The number of aromatic nitrogens is 3. The number of nitrogens with zero attached hydrogens (tertiary/aromatic N) is 3. The van der Waals surface area contributed by atoms with Crippen LogP contribution in [0.3, 0.4) is 0 Å². The van der Waals surface area contributed by atoms with E-state index >= 15 is 0 Å². The molecule has 1 radical (unpaired) electrons. The standard InChI is InChI=1S/C23H16N3.Ir/c1-16-24-25-23(20-14-13-17-7-2-3-9-19(17)15-20)26(16)22-12-6-10-18-8-4-5-11-21(18)22;/h2-13,15H,1H3;/q-1;. The third-order valence-corrected chi connectivity index (χ3v) is 4.75. The van der Waals surface area contributed by atoms with Crippen molar-refractivity contribution >= 4 is 21.5 Å². The van der Waals surface area contributed by atoms with E-state index in [0.29, 0.717) is 0 Å². The van der Waals surface area contributed by atoms with Crippen LogP contribution in [0.2, 0.25) is 0 Å². The first-order chi connectivity index (χ1) is 12.8. The zero-order chi connectivity index (χ0) is 17.5. The third kappa shape index (κ3) is 2.97. The van der Waals surface area contributed by atoms with E-state index in [4.69, 9.17) is 0 Å². The van der Waals surface area contributed by atoms with E-state index in [1.54, 1.807) is 0 Å². The molecule has 0 N–H and O–H groups in total. The Morgan fingerprint density at radius 2 is 1.48 bits per heavy atom. The zero-order valence-electron chi connectivity index (χ0n) is 14.7. The minimum Gasteiger partial charge on any atom is -0.320 e. The summed E-state index contributed by atoms with van der Waals surface area (Å²) in [6, 6.07) is 30.5. The molecule has 4 aromatic carbocycles. The summed E-state index contributed by atoms with van der Waals surface area (Å²) < 4.78 is 2.11. The molecule has 1 heterocycles. The van der Waals surface area contributed by atoms with Crippen LogP contribution in [-0.4, -0.2) is 14.8 Å². The summed E-state index contributed by atoms with van der Waals surface area (Å²) in [6.07, 6.45) is 0. The molecule has 0 saturated heterocycles. The second-order valence-corrected chi connectivity index (χ2v) is 6.38. The van der Waals surface area contributed by atoms with Crippen molar-refractivity contribution in [3.8, 4) is 17.1 Å². The van der Waals surface area contributed by atoms with Gasteiger partial charge in [-0.15, -0.1) is 34.2 Å². The van der Waals surface area contributed by atoms with Crippen LogP contribution in [0.15, 0.2) is 78.9 Å². The van der Waals surface area contributed by atoms with Gasteiger partial charge in [0.1, 0.15) is 5.82 Å². The van der Waals surface area contributed by atoms with Crippen LogP contribution in [0.1, 0.15) is 5.82 Å². The second-order valence-electron chi connectivity index (χ2n) is 6.38. The van der Waals surface area contributed by atoms with Crippen LogP contribution >= 0.6 is 0 Å². The topological polar surface area (TPSA) is 30.7 Å². The van der Waals surface area contributed by atoms with E-state index in [9.17, 15) is 0 Å². The maximum Gasteiger partial charge on any atom is 0.125 e. The normalized spacial score (nSPS) is 10.9. The summed E-state index contributed by atoms with van der Waals surface area (Å²) in [5, 5.41) is 13.5. The molecule has 3 nitrogen and oxygen atoms in total. The van der Waals surface area contributed by atoms with Gasteiger partial charge in [-0.1, -0.05) is 66.0 Å². The van der Waals surface area contributed by atoms with Gasteiger partial charge in [0.25, 0.3) is 0 Å². The Morgan fingerprint density at radius 1 is 0.778 bits per heavy atom. The van der Waals surface area contributed by atoms with E-state index in [0.717, 1.165) is 22.9 Å². The van der Waals surface area contributed by atoms with Crippen molar-refractivity contribution in [3.63, 3.8) is 0 Å². The second kappa shape index (κ2) is 7.07. The number of fused-ring (bicyclic) bond motifs is 2. The van der Waals surface area contributed by atoms with Crippen LogP contribution in [0.25, 0.3) is 38.6 Å². The number of hydrogen-bond acceptors (Lipinski definition) is 2. The van der Waals surface area contributed by atoms with Crippen LogP contribution < -0.4 is 0 Å². The summed E-state index contributed by atoms with van der Waals surface area (Å²) in [4.78, 5) is 0. The fraction of sp³-hybridized carbons (Fsp3) is 0.0435. The smallest absolute Gasteiger partial charge is 0.125 e. The van der Waals surface area contributed by atoms with Crippen molar-refractivity contribution in [3.05, 3.63) is 90.8 Å². The Balaban J connectivity index is 0.00000180. The summed E-state index contributed by atoms with van der Waals surface area (Å²) in [7, 11) is 0. The van der Waals surface area contributed by atoms with Crippen molar-refractivity contribution in [1.82, 2.24) is 14.8 Å². The molecule has 4 heteroatoms. The predicted molar refractivity (Wildman–Crippen MR) is 105 cm³/mol. The summed E-state index contributed by atoms with van der Waals surface area (Å²) in [5.41, 5.74) is 2.03. The largest absolute Gasteiger partial charge is 0.320 e. The van der Waals surface area contributed by atoms with Crippen molar-refractivity contribution < 1.29 is 20.1 Å². The van der Waals surface area contributed by atoms with Crippen molar-refractivity contribution in [1.29, 1.82) is 0 Å². The van der Waals surface area contributed by atoms with Gasteiger partial charge in [0.2, 0.25) is 0 Å². The molecule has 133 valence electrons. The Labute approximate surface area is 171 Å². The first kappa shape index (κ1) is 17.6. The SMILES string of the molecule is Cc1nnc(-c2[c-]cc3ccccc3c2)n1-c1cccc2ccccc12.[Ir]. The fourth-order valence-corrected chi connectivity index (χ4v) is 3.48. The van der Waals surface area contributed by atoms with Gasteiger partial charge in [-0.25, -0.2) is 0 Å². The van der Waals surface area contributed by atoms with Gasteiger partial charge in [0.15, 0.2) is 0 Å². The van der Waals surface area contributed by atoms with Gasteiger partial charge in [-0.05, 0) is 18.4 Å². The molecule has 0 bridgehead atoms. The Morgan fingerprint density at radius 3 is 2.33 bits per heavy atom. The Bertz CT molecular complexity index is 1250. The minimum atomic E-state index is 0. The summed E-state index contributed by atoms with van der Waals surface area (Å²) >= 11 is 0. The molecule has 1 aromatic heterocycles. The molecule has 5 rings (SSSR count). The summed E-state index contributed by atoms with van der Waals surface area (Å²) in [5.74, 6) is 1.67. The first-order valence-corrected chi connectivity index (χ1v) is 8.62. The summed E-state index contributed by atoms with van der Waals surface area (Å²) in [6.45, 7) is 1.99. The van der Waals surface area contributed by atoms with Crippen LogP contribution in [0, 0.1) is 13.0 Å². The molecule has 0 aliphatic rings. The van der Waals surface area contributed by atoms with Crippen LogP contribution in [-0.2, 0) is 20.1 Å². The van der Waals surface area contributed by atoms with E-state index in [-0.39, 0.29) is 20.1 Å². The molecular formula is C23H16IrN3-. The van der Waals surface area contributed by atoms with Gasteiger partial charge < -0.3 is 4.57 Å². The molecule has 0 aliphatic heterocycles. The zero-order valence-corrected chi connectivity index (χ0v) is 17.1. The molecule has 27 heavy (non-hydrogen) atoms. The van der Waals surface area contributed by atoms with E-state index in [2.05, 4.69) is 81.5 Å². The van der Waals surface area contributed by atoms with E-state index in [1.807, 2.05) is 25.1 Å². The first-order valence-electron chi connectivity index (χ1n) is 8.62. The van der Waals surface area contributed by atoms with Crippen LogP contribution in [0.4, 0.5) is 0 Å². The average molecular weight is 527 g/mol. The molecule has 0 amide bonds. The molecule has 0 aliphatic carbocycles. The van der Waals surface area contributed by atoms with E-state index in [1.165, 1.54) is 21.5 Å². The number of hydrogen-bond donors (Lipinski definition) is 0. The number of rotatable bonds is 2. The van der Waals surface area contributed by atoms with Crippen LogP contribution in [0.5, 0.6) is 0 Å². The molecule has 0 saturated carbocycles. The van der Waals surface area contributed by atoms with Crippen molar-refractivity contribution in [2.24, 2.45) is 0 Å². The average Bonchev–Trinajstić information content (AvgIpc) is 3.08. The molecule has 0 unspecified atom stereocenters. The Kier molecular flexibility index (Phi) is 4.61. The quantitative estimate of drug-likeness (QED) is 0.291. The fourth-order valence-electron chi connectivity index (χ4n) is 3.48. The number of benzene rings is 4. The Hall–Kier alpha value is -2.81. The molecule has 0 fully saturated rings. The minimum absolute atomic E-state index is 0. The molecular weight excluding hydrogens is 510 g/mol. The number of aryl methyl sites for hydroxylation is 1. The van der Waals surface area contributed by atoms with Gasteiger partial charge >= 0.3 is 0 Å². The third-order valence-electron chi connectivity index (χ3n) is 4.75. The van der Waals surface area contributed by atoms with Gasteiger partial charge in [-0.2, -0.15) is 5.10 Å². The maximum absolute atomic E-state index is 4.46. The van der Waals surface area contributed by atoms with Crippen molar-refractivity contribution in [2.45, 2.75) is 6.92 Å². The molecule has 0 atom stereocenters. The molecule has 5 aromatic rings. The van der Waals surface area contributed by atoms with Gasteiger partial charge in [0, 0.05) is 31.2 Å². The maximum atomic E-state index is 4.46. The van der Waals surface area contributed by atoms with E-state index < -0.39 is 0 Å². The van der Waals surface area contributed by atoms with Gasteiger partial charge in [-0.3, -0.25) is 0 Å². The van der Waals surface area contributed by atoms with Gasteiger partial charge in [0.05, 0.1) is 5.82 Å².